The summed E-state index contributed by atoms with van der Waals surface area (Å²) in [5.41, 5.74) is 2.36. The third-order valence-corrected chi connectivity index (χ3v) is 4.62. The molecule has 3 aromatic rings. The van der Waals surface area contributed by atoms with Crippen molar-refractivity contribution in [1.29, 1.82) is 0 Å². The molecule has 3 heteroatoms. The summed E-state index contributed by atoms with van der Waals surface area (Å²) in [5, 5.41) is 3.49. The summed E-state index contributed by atoms with van der Waals surface area (Å²) < 4.78 is 12.1. The zero-order valence-electron chi connectivity index (χ0n) is 16.5. The second-order valence-electron chi connectivity index (χ2n) is 6.78. The van der Waals surface area contributed by atoms with Gasteiger partial charge in [0.05, 0.1) is 18.8 Å². The van der Waals surface area contributed by atoms with Crippen LogP contribution in [0.5, 0.6) is 11.5 Å². The first-order valence-corrected chi connectivity index (χ1v) is 10.1. The van der Waals surface area contributed by atoms with Crippen LogP contribution < -0.4 is 14.8 Å². The van der Waals surface area contributed by atoms with E-state index in [2.05, 4.69) is 42.6 Å². The summed E-state index contributed by atoms with van der Waals surface area (Å²) in [6.45, 7) is 3.57. The highest BCUT2D eigenvalue weighted by Crippen LogP contribution is 2.24. The summed E-state index contributed by atoms with van der Waals surface area (Å²) >= 11 is 0. The van der Waals surface area contributed by atoms with Gasteiger partial charge in [0, 0.05) is 0 Å². The summed E-state index contributed by atoms with van der Waals surface area (Å²) in [5.74, 6) is 1.80. The first kappa shape index (κ1) is 19.8. The van der Waals surface area contributed by atoms with Crippen LogP contribution in [0.1, 0.15) is 25.3 Å². The fourth-order valence-corrected chi connectivity index (χ4v) is 3.03. The van der Waals surface area contributed by atoms with E-state index in [-0.39, 0.29) is 6.10 Å². The molecular formula is C25H29NO2. The fourth-order valence-electron chi connectivity index (χ4n) is 3.03. The van der Waals surface area contributed by atoms with Crippen molar-refractivity contribution in [2.45, 2.75) is 32.3 Å². The highest BCUT2D eigenvalue weighted by Gasteiger charge is 2.10. The van der Waals surface area contributed by atoms with Gasteiger partial charge in [-0.3, -0.25) is 0 Å². The molecule has 0 aliphatic rings. The molecule has 1 atom stereocenters. The number of aryl methyl sites for hydroxylation is 1. The fraction of sp³-hybridized carbons (Fsp3) is 0.280. The minimum atomic E-state index is 0.105. The van der Waals surface area contributed by atoms with Crippen molar-refractivity contribution in [2.75, 3.05) is 18.5 Å². The number of ether oxygens (including phenoxy) is 2. The predicted octanol–water partition coefficient (Wildman–Crippen LogP) is 5.97. The third-order valence-electron chi connectivity index (χ3n) is 4.62. The van der Waals surface area contributed by atoms with Crippen molar-refractivity contribution >= 4 is 5.69 Å². The average molecular weight is 376 g/mol. The van der Waals surface area contributed by atoms with Gasteiger partial charge in [-0.1, -0.05) is 67.6 Å². The van der Waals surface area contributed by atoms with Crippen molar-refractivity contribution in [3.63, 3.8) is 0 Å². The van der Waals surface area contributed by atoms with Crippen LogP contribution in [0.3, 0.4) is 0 Å². The molecule has 0 aliphatic carbocycles. The molecule has 0 fully saturated rings. The lowest BCUT2D eigenvalue weighted by Crippen LogP contribution is -2.25. The first-order chi connectivity index (χ1) is 13.8. The van der Waals surface area contributed by atoms with Gasteiger partial charge in [-0.2, -0.15) is 0 Å². The lowest BCUT2D eigenvalue weighted by atomic mass is 10.1. The Hall–Kier alpha value is -2.94. The van der Waals surface area contributed by atoms with E-state index in [0.29, 0.717) is 6.61 Å². The zero-order chi connectivity index (χ0) is 19.4. The van der Waals surface area contributed by atoms with Crippen LogP contribution in [0.15, 0.2) is 84.9 Å². The van der Waals surface area contributed by atoms with Gasteiger partial charge in [0.2, 0.25) is 0 Å². The van der Waals surface area contributed by atoms with Crippen LogP contribution in [0.25, 0.3) is 0 Å². The van der Waals surface area contributed by atoms with Gasteiger partial charge in [0.1, 0.15) is 17.6 Å². The summed E-state index contributed by atoms with van der Waals surface area (Å²) in [7, 11) is 0. The van der Waals surface area contributed by atoms with Crippen molar-refractivity contribution in [3.8, 4) is 11.5 Å². The molecule has 28 heavy (non-hydrogen) atoms. The Morgan fingerprint density at radius 2 is 1.50 bits per heavy atom. The highest BCUT2D eigenvalue weighted by atomic mass is 16.5. The first-order valence-electron chi connectivity index (χ1n) is 10.1. The largest absolute Gasteiger partial charge is 0.491 e. The van der Waals surface area contributed by atoms with E-state index in [1.165, 1.54) is 5.56 Å². The number of hydrogen-bond donors (Lipinski definition) is 1. The molecule has 0 saturated carbocycles. The van der Waals surface area contributed by atoms with Crippen LogP contribution in [0.4, 0.5) is 5.69 Å². The van der Waals surface area contributed by atoms with E-state index < -0.39 is 0 Å². The molecule has 3 rings (SSSR count). The second kappa shape index (κ2) is 11.0. The Morgan fingerprint density at radius 1 is 0.821 bits per heavy atom. The summed E-state index contributed by atoms with van der Waals surface area (Å²) in [4.78, 5) is 0. The van der Waals surface area contributed by atoms with Gasteiger partial charge in [0.15, 0.2) is 0 Å². The number of nitrogens with one attached hydrogen (secondary N) is 1. The molecule has 0 saturated heterocycles. The number of benzene rings is 3. The molecule has 0 aliphatic heterocycles. The number of para-hydroxylation sites is 3. The maximum absolute atomic E-state index is 6.07. The lowest BCUT2D eigenvalue weighted by Gasteiger charge is -2.20. The van der Waals surface area contributed by atoms with E-state index in [0.717, 1.165) is 43.0 Å². The third kappa shape index (κ3) is 6.34. The van der Waals surface area contributed by atoms with Crippen molar-refractivity contribution < 1.29 is 9.47 Å². The van der Waals surface area contributed by atoms with Crippen molar-refractivity contribution in [2.24, 2.45) is 0 Å². The predicted molar refractivity (Wildman–Crippen MR) is 116 cm³/mol. The van der Waals surface area contributed by atoms with Gasteiger partial charge >= 0.3 is 0 Å². The molecule has 146 valence electrons. The Morgan fingerprint density at radius 3 is 2.25 bits per heavy atom. The van der Waals surface area contributed by atoms with E-state index in [9.17, 15) is 0 Å². The quantitative estimate of drug-likeness (QED) is 0.419. The normalized spacial score (nSPS) is 11.6. The van der Waals surface area contributed by atoms with E-state index in [1.54, 1.807) is 0 Å². The Labute approximate surface area is 168 Å². The van der Waals surface area contributed by atoms with Gasteiger partial charge in [0.25, 0.3) is 0 Å². The summed E-state index contributed by atoms with van der Waals surface area (Å²) in [6.07, 6.45) is 3.06. The minimum Gasteiger partial charge on any atom is -0.491 e. The molecule has 0 spiro atoms. The van der Waals surface area contributed by atoms with Crippen LogP contribution in [-0.4, -0.2) is 19.3 Å². The smallest absolute Gasteiger partial charge is 0.142 e. The highest BCUT2D eigenvalue weighted by molar-refractivity contribution is 5.56. The molecule has 3 aromatic carbocycles. The van der Waals surface area contributed by atoms with Crippen LogP contribution >= 0.6 is 0 Å². The molecule has 0 aromatic heterocycles. The Kier molecular flexibility index (Phi) is 7.80. The van der Waals surface area contributed by atoms with E-state index >= 15 is 0 Å². The van der Waals surface area contributed by atoms with Crippen molar-refractivity contribution in [3.05, 3.63) is 90.5 Å². The number of hydrogen-bond acceptors (Lipinski definition) is 3. The topological polar surface area (TPSA) is 30.5 Å². The van der Waals surface area contributed by atoms with E-state index in [1.807, 2.05) is 54.6 Å². The van der Waals surface area contributed by atoms with Crippen molar-refractivity contribution in [1.82, 2.24) is 0 Å². The molecule has 0 amide bonds. The molecule has 1 unspecified atom stereocenters. The Balaban J connectivity index is 1.48. The van der Waals surface area contributed by atoms with Crippen LogP contribution in [0, 0.1) is 0 Å². The molecule has 3 nitrogen and oxygen atoms in total. The molecule has 0 bridgehead atoms. The summed E-state index contributed by atoms with van der Waals surface area (Å²) in [6, 6.07) is 28.6. The molecule has 1 N–H and O–H groups in total. The van der Waals surface area contributed by atoms with Gasteiger partial charge in [-0.15, -0.1) is 0 Å². The van der Waals surface area contributed by atoms with Gasteiger partial charge in [-0.05, 0) is 49.1 Å². The second-order valence-corrected chi connectivity index (χ2v) is 6.78. The van der Waals surface area contributed by atoms with Crippen LogP contribution in [-0.2, 0) is 6.42 Å². The maximum Gasteiger partial charge on any atom is 0.142 e. The van der Waals surface area contributed by atoms with Crippen LogP contribution in [0.2, 0.25) is 0 Å². The molecule has 0 radical (unpaired) electrons. The minimum absolute atomic E-state index is 0.105. The number of rotatable bonds is 11. The average Bonchev–Trinajstić information content (AvgIpc) is 2.76. The van der Waals surface area contributed by atoms with Gasteiger partial charge in [-0.25, -0.2) is 0 Å². The molecule has 0 heterocycles. The Bertz CT molecular complexity index is 805. The maximum atomic E-state index is 6.07. The van der Waals surface area contributed by atoms with Gasteiger partial charge < -0.3 is 14.8 Å². The lowest BCUT2D eigenvalue weighted by molar-refractivity contribution is 0.210. The SMILES string of the molecule is CCC(CNc1ccccc1OCCCc1ccccc1)Oc1ccccc1. The number of anilines is 1. The monoisotopic (exact) mass is 375 g/mol. The standard InChI is InChI=1S/C25H29NO2/c1-2-22(28-23-15-7-4-8-16-23)20-26-24-17-9-10-18-25(24)27-19-11-14-21-12-5-3-6-13-21/h3-10,12-13,15-18,22,26H,2,11,14,19-20H2,1H3. The van der Waals surface area contributed by atoms with E-state index in [4.69, 9.17) is 9.47 Å². The molecular weight excluding hydrogens is 346 g/mol. The zero-order valence-corrected chi connectivity index (χ0v) is 16.5.